The Labute approximate surface area is 130 Å². The van der Waals surface area contributed by atoms with Crippen LogP contribution in [-0.2, 0) is 9.53 Å². The number of carbonyl (C=O) groups excluding carboxylic acids is 1. The van der Waals surface area contributed by atoms with Gasteiger partial charge in [0.15, 0.2) is 0 Å². The van der Waals surface area contributed by atoms with Crippen molar-refractivity contribution < 1.29 is 9.53 Å². The van der Waals surface area contributed by atoms with E-state index in [1.807, 2.05) is 19.1 Å². The Balaban J connectivity index is 2.30. The number of ether oxygens (including phenoxy) is 1. The molecule has 0 saturated carbocycles. The third kappa shape index (κ3) is 2.88. The molecule has 2 atom stereocenters. The minimum absolute atomic E-state index is 0.161. The average Bonchev–Trinajstić information content (AvgIpc) is 2.75. The summed E-state index contributed by atoms with van der Waals surface area (Å²) >= 11 is 11.1. The Hall–Kier alpha value is -0.390. The number of hydrogen-bond donors (Lipinski definition) is 1. The third-order valence-corrected chi connectivity index (χ3v) is 5.95. The third-order valence-electron chi connectivity index (χ3n) is 3.39. The van der Waals surface area contributed by atoms with Crippen LogP contribution in [0.5, 0.6) is 0 Å². The Kier molecular flexibility index (Phi) is 4.69. The molecule has 104 valence electrons. The lowest BCUT2D eigenvalue weighted by atomic mass is 9.92. The van der Waals surface area contributed by atoms with Gasteiger partial charge in [-0.25, -0.2) is 4.79 Å². The Morgan fingerprint density at radius 1 is 1.63 bits per heavy atom. The van der Waals surface area contributed by atoms with Crippen molar-refractivity contribution in [2.75, 3.05) is 18.2 Å². The maximum atomic E-state index is 12.2. The van der Waals surface area contributed by atoms with Gasteiger partial charge >= 0.3 is 5.97 Å². The first-order chi connectivity index (χ1) is 8.99. The molecule has 0 bridgehead atoms. The topological polar surface area (TPSA) is 38.3 Å². The highest BCUT2D eigenvalue weighted by atomic mass is 79.9. The number of halogens is 2. The van der Waals surface area contributed by atoms with Gasteiger partial charge in [0.05, 0.1) is 12.1 Å². The monoisotopic (exact) mass is 363 g/mol. The fourth-order valence-corrected chi connectivity index (χ4v) is 4.09. The summed E-state index contributed by atoms with van der Waals surface area (Å²) in [5, 5.41) is 4.15. The molecule has 0 radical (unpaired) electrons. The molecule has 1 aromatic rings. The number of anilines is 1. The zero-order valence-corrected chi connectivity index (χ0v) is 13.9. The van der Waals surface area contributed by atoms with Crippen LogP contribution in [0.1, 0.15) is 13.3 Å². The standard InChI is InChI=1S/C13H15BrClNO2S/c1-8-13(5-6-19-8,12(17)18-2)16-9-3-4-11(15)10(14)7-9/h3-4,7-8,16H,5-6H2,1-2H3. The summed E-state index contributed by atoms with van der Waals surface area (Å²) in [6, 6.07) is 5.54. The fraction of sp³-hybridized carbons (Fsp3) is 0.462. The van der Waals surface area contributed by atoms with Crippen molar-refractivity contribution in [1.29, 1.82) is 0 Å². The van der Waals surface area contributed by atoms with E-state index in [4.69, 9.17) is 16.3 Å². The van der Waals surface area contributed by atoms with Crippen LogP contribution in [-0.4, -0.2) is 29.6 Å². The van der Waals surface area contributed by atoms with Gasteiger partial charge in [-0.05, 0) is 46.3 Å². The summed E-state index contributed by atoms with van der Waals surface area (Å²) in [7, 11) is 1.43. The molecule has 1 aromatic carbocycles. The fourth-order valence-electron chi connectivity index (χ4n) is 2.24. The van der Waals surface area contributed by atoms with E-state index in [9.17, 15) is 4.79 Å². The molecule has 1 fully saturated rings. The minimum Gasteiger partial charge on any atom is -0.467 e. The average molecular weight is 365 g/mol. The second-order valence-electron chi connectivity index (χ2n) is 4.48. The van der Waals surface area contributed by atoms with Crippen LogP contribution in [0.4, 0.5) is 5.69 Å². The largest absolute Gasteiger partial charge is 0.467 e. The van der Waals surface area contributed by atoms with E-state index in [1.165, 1.54) is 7.11 Å². The molecule has 3 nitrogen and oxygen atoms in total. The van der Waals surface area contributed by atoms with Crippen LogP contribution in [0.3, 0.4) is 0 Å². The van der Waals surface area contributed by atoms with Crippen LogP contribution in [0, 0.1) is 0 Å². The second-order valence-corrected chi connectivity index (χ2v) is 7.19. The molecular weight excluding hydrogens is 350 g/mol. The van der Waals surface area contributed by atoms with Crippen molar-refractivity contribution in [3.8, 4) is 0 Å². The van der Waals surface area contributed by atoms with Gasteiger partial charge in [-0.3, -0.25) is 0 Å². The molecule has 2 rings (SSSR count). The van der Waals surface area contributed by atoms with E-state index in [-0.39, 0.29) is 11.2 Å². The van der Waals surface area contributed by atoms with Crippen LogP contribution in [0.15, 0.2) is 22.7 Å². The minimum atomic E-state index is -0.660. The number of hydrogen-bond acceptors (Lipinski definition) is 4. The second kappa shape index (κ2) is 5.94. The number of nitrogens with one attached hydrogen (secondary N) is 1. The molecule has 1 N–H and O–H groups in total. The molecule has 2 unspecified atom stereocenters. The first kappa shape index (κ1) is 15.0. The number of benzene rings is 1. The van der Waals surface area contributed by atoms with E-state index < -0.39 is 5.54 Å². The molecule has 1 aliphatic rings. The quantitative estimate of drug-likeness (QED) is 0.824. The maximum Gasteiger partial charge on any atom is 0.332 e. The zero-order chi connectivity index (χ0) is 14.0. The Morgan fingerprint density at radius 3 is 2.89 bits per heavy atom. The first-order valence-electron chi connectivity index (χ1n) is 5.93. The summed E-state index contributed by atoms with van der Waals surface area (Å²) in [6.45, 7) is 2.05. The maximum absolute atomic E-state index is 12.2. The number of rotatable bonds is 3. The highest BCUT2D eigenvalue weighted by Gasteiger charge is 2.48. The molecule has 1 aliphatic heterocycles. The molecule has 0 aromatic heterocycles. The lowest BCUT2D eigenvalue weighted by molar-refractivity contribution is -0.145. The highest BCUT2D eigenvalue weighted by Crippen LogP contribution is 2.40. The molecule has 1 saturated heterocycles. The van der Waals surface area contributed by atoms with Gasteiger partial charge < -0.3 is 10.1 Å². The summed E-state index contributed by atoms with van der Waals surface area (Å²) in [6.07, 6.45) is 0.756. The van der Waals surface area contributed by atoms with E-state index >= 15 is 0 Å². The molecule has 6 heteroatoms. The van der Waals surface area contributed by atoms with Gasteiger partial charge in [-0.1, -0.05) is 18.5 Å². The van der Waals surface area contributed by atoms with Gasteiger partial charge in [0.25, 0.3) is 0 Å². The van der Waals surface area contributed by atoms with Crippen molar-refractivity contribution in [2.24, 2.45) is 0 Å². The van der Waals surface area contributed by atoms with Crippen molar-refractivity contribution >= 4 is 50.9 Å². The molecule has 0 amide bonds. The number of esters is 1. The number of methoxy groups -OCH3 is 1. The Morgan fingerprint density at radius 2 is 2.37 bits per heavy atom. The van der Waals surface area contributed by atoms with E-state index in [1.54, 1.807) is 17.8 Å². The van der Waals surface area contributed by atoms with Gasteiger partial charge in [0.2, 0.25) is 0 Å². The van der Waals surface area contributed by atoms with Crippen molar-refractivity contribution in [1.82, 2.24) is 0 Å². The summed E-state index contributed by atoms with van der Waals surface area (Å²) < 4.78 is 5.78. The van der Waals surface area contributed by atoms with Crippen LogP contribution in [0.2, 0.25) is 5.02 Å². The van der Waals surface area contributed by atoms with Gasteiger partial charge in [-0.15, -0.1) is 0 Å². The van der Waals surface area contributed by atoms with Crippen LogP contribution < -0.4 is 5.32 Å². The Bertz CT molecular complexity index is 500. The van der Waals surface area contributed by atoms with E-state index in [0.717, 1.165) is 22.3 Å². The van der Waals surface area contributed by atoms with Gasteiger partial charge in [0, 0.05) is 15.4 Å². The normalized spacial score (nSPS) is 26.2. The molecule has 1 heterocycles. The predicted octanol–water partition coefficient (Wildman–Crippen LogP) is 3.95. The number of carbonyl (C=O) groups is 1. The lowest BCUT2D eigenvalue weighted by Gasteiger charge is -2.32. The SMILES string of the molecule is COC(=O)C1(Nc2ccc(Cl)c(Br)c2)CCSC1C. The predicted molar refractivity (Wildman–Crippen MR) is 84.1 cm³/mol. The zero-order valence-electron chi connectivity index (χ0n) is 10.7. The van der Waals surface area contributed by atoms with E-state index in [2.05, 4.69) is 21.2 Å². The van der Waals surface area contributed by atoms with E-state index in [0.29, 0.717) is 5.02 Å². The summed E-state index contributed by atoms with van der Waals surface area (Å²) in [5.41, 5.74) is 0.197. The highest BCUT2D eigenvalue weighted by molar-refractivity contribution is 9.10. The lowest BCUT2D eigenvalue weighted by Crippen LogP contribution is -2.51. The van der Waals surface area contributed by atoms with Gasteiger partial charge in [0.1, 0.15) is 5.54 Å². The smallest absolute Gasteiger partial charge is 0.332 e. The van der Waals surface area contributed by atoms with Crippen molar-refractivity contribution in [3.63, 3.8) is 0 Å². The van der Waals surface area contributed by atoms with Crippen LogP contribution in [0.25, 0.3) is 0 Å². The van der Waals surface area contributed by atoms with Crippen molar-refractivity contribution in [3.05, 3.63) is 27.7 Å². The molecule has 0 spiro atoms. The first-order valence-corrected chi connectivity index (χ1v) is 8.15. The van der Waals surface area contributed by atoms with Crippen molar-refractivity contribution in [2.45, 2.75) is 24.1 Å². The van der Waals surface area contributed by atoms with Gasteiger partial charge in [-0.2, -0.15) is 11.8 Å². The molecular formula is C13H15BrClNO2S. The summed E-state index contributed by atoms with van der Waals surface area (Å²) in [4.78, 5) is 12.2. The van der Waals surface area contributed by atoms with Crippen LogP contribution >= 0.6 is 39.3 Å². The summed E-state index contributed by atoms with van der Waals surface area (Å²) in [5.74, 6) is 0.731. The number of thioether (sulfide) groups is 1. The molecule has 0 aliphatic carbocycles. The molecule has 19 heavy (non-hydrogen) atoms.